The molecule has 2 aliphatic carbocycles. The van der Waals surface area contributed by atoms with Crippen LogP contribution < -0.4 is 10.6 Å². The van der Waals surface area contributed by atoms with Crippen molar-refractivity contribution in [1.82, 2.24) is 5.32 Å². The maximum atomic E-state index is 11.8. The molecule has 0 aliphatic heterocycles. The number of alkyl halides is 2. The van der Waals surface area contributed by atoms with Gasteiger partial charge in [-0.2, -0.15) is 0 Å². The topological polar surface area (TPSA) is 41.1 Å². The summed E-state index contributed by atoms with van der Waals surface area (Å²) in [5.74, 6) is 1.21. The van der Waals surface area contributed by atoms with Crippen molar-refractivity contribution in [3.05, 3.63) is 24.3 Å². The smallest absolute Gasteiger partial charge is 0.319 e. The highest BCUT2D eigenvalue weighted by atomic mass is 35.5. The summed E-state index contributed by atoms with van der Waals surface area (Å²) in [4.78, 5) is 12.8. The van der Waals surface area contributed by atoms with Crippen molar-refractivity contribution in [2.24, 2.45) is 5.92 Å². The zero-order valence-corrected chi connectivity index (χ0v) is 13.2. The maximum absolute atomic E-state index is 11.8. The molecule has 3 rings (SSSR count). The number of hydrogen-bond acceptors (Lipinski definition) is 2. The van der Waals surface area contributed by atoms with Gasteiger partial charge >= 0.3 is 6.03 Å². The second-order valence-corrected chi connectivity index (χ2v) is 7.95. The molecule has 2 saturated carbocycles. The summed E-state index contributed by atoms with van der Waals surface area (Å²) in [6.07, 6.45) is 3.01. The fraction of sp³-hybridized carbons (Fsp3) is 0.500. The van der Waals surface area contributed by atoms with Crippen LogP contribution in [0.5, 0.6) is 0 Å². The third-order valence-corrected chi connectivity index (χ3v) is 5.61. The number of urea groups is 1. The van der Waals surface area contributed by atoms with E-state index in [2.05, 4.69) is 10.6 Å². The first-order valence-corrected chi connectivity index (χ1v) is 8.46. The molecule has 108 valence electrons. The van der Waals surface area contributed by atoms with Crippen molar-refractivity contribution >= 4 is 46.7 Å². The Morgan fingerprint density at radius 1 is 1.35 bits per heavy atom. The summed E-state index contributed by atoms with van der Waals surface area (Å²) in [6, 6.07) is 8.03. The van der Waals surface area contributed by atoms with E-state index in [1.165, 1.54) is 0 Å². The number of benzene rings is 1. The van der Waals surface area contributed by atoms with Gasteiger partial charge in [-0.25, -0.2) is 4.79 Å². The molecule has 1 unspecified atom stereocenters. The number of hydrogen-bond donors (Lipinski definition) is 2. The van der Waals surface area contributed by atoms with Crippen LogP contribution in [-0.4, -0.2) is 22.2 Å². The van der Waals surface area contributed by atoms with Gasteiger partial charge in [-0.05, 0) is 31.4 Å². The zero-order chi connectivity index (χ0) is 14.2. The van der Waals surface area contributed by atoms with Crippen LogP contribution in [0.25, 0.3) is 0 Å². The number of thioether (sulfide) groups is 1. The first-order chi connectivity index (χ1) is 9.54. The molecule has 20 heavy (non-hydrogen) atoms. The Morgan fingerprint density at radius 2 is 2.05 bits per heavy atom. The SMILES string of the molecule is O=C(Nc1ccccc1SCC1CC1(Cl)Cl)NC1CC1. The minimum atomic E-state index is -0.543. The van der Waals surface area contributed by atoms with E-state index in [1.54, 1.807) is 11.8 Å². The lowest BCUT2D eigenvalue weighted by atomic mass is 10.3. The average Bonchev–Trinajstić information content (AvgIpc) is 3.28. The van der Waals surface area contributed by atoms with E-state index in [0.29, 0.717) is 12.0 Å². The van der Waals surface area contributed by atoms with Gasteiger partial charge in [-0.3, -0.25) is 0 Å². The molecule has 2 N–H and O–H groups in total. The molecule has 2 aliphatic rings. The van der Waals surface area contributed by atoms with Crippen molar-refractivity contribution in [2.75, 3.05) is 11.1 Å². The molecule has 2 fully saturated rings. The van der Waals surface area contributed by atoms with E-state index in [9.17, 15) is 4.79 Å². The first-order valence-electron chi connectivity index (χ1n) is 6.72. The van der Waals surface area contributed by atoms with E-state index in [4.69, 9.17) is 23.2 Å². The molecule has 0 saturated heterocycles. The highest BCUT2D eigenvalue weighted by Gasteiger charge is 2.51. The Bertz CT molecular complexity index is 520. The Balaban J connectivity index is 1.57. The van der Waals surface area contributed by atoms with Crippen LogP contribution in [0.1, 0.15) is 19.3 Å². The monoisotopic (exact) mass is 330 g/mol. The van der Waals surface area contributed by atoms with Crippen LogP contribution in [0.2, 0.25) is 0 Å². The summed E-state index contributed by atoms with van der Waals surface area (Å²) in [7, 11) is 0. The molecule has 0 aromatic heterocycles. The number of para-hydroxylation sites is 1. The van der Waals surface area contributed by atoms with Crippen molar-refractivity contribution in [3.8, 4) is 0 Å². The average molecular weight is 331 g/mol. The van der Waals surface area contributed by atoms with E-state index >= 15 is 0 Å². The van der Waals surface area contributed by atoms with Gasteiger partial charge in [0.25, 0.3) is 0 Å². The van der Waals surface area contributed by atoms with Gasteiger partial charge in [0.1, 0.15) is 4.33 Å². The molecule has 3 nitrogen and oxygen atoms in total. The second-order valence-electron chi connectivity index (χ2n) is 5.34. The largest absolute Gasteiger partial charge is 0.335 e. The van der Waals surface area contributed by atoms with Crippen molar-refractivity contribution in [1.29, 1.82) is 0 Å². The normalized spacial score (nSPS) is 23.2. The fourth-order valence-corrected chi connectivity index (χ4v) is 3.85. The van der Waals surface area contributed by atoms with Gasteiger partial charge in [0.2, 0.25) is 0 Å². The van der Waals surface area contributed by atoms with Gasteiger partial charge in [0, 0.05) is 22.6 Å². The Morgan fingerprint density at radius 3 is 2.70 bits per heavy atom. The summed E-state index contributed by atoms with van der Waals surface area (Å²) < 4.78 is -0.543. The lowest BCUT2D eigenvalue weighted by Crippen LogP contribution is -2.30. The minimum Gasteiger partial charge on any atom is -0.335 e. The Hall–Kier alpha value is -0.580. The number of carbonyl (C=O) groups excluding carboxylic acids is 1. The highest BCUT2D eigenvalue weighted by Crippen LogP contribution is 2.55. The van der Waals surface area contributed by atoms with E-state index in [0.717, 1.165) is 35.6 Å². The van der Waals surface area contributed by atoms with Crippen LogP contribution in [-0.2, 0) is 0 Å². The summed E-state index contributed by atoms with van der Waals surface area (Å²) in [6.45, 7) is 0. The molecule has 2 amide bonds. The molecule has 1 aromatic carbocycles. The van der Waals surface area contributed by atoms with Gasteiger partial charge in [-0.15, -0.1) is 35.0 Å². The van der Waals surface area contributed by atoms with Crippen LogP contribution in [0, 0.1) is 5.92 Å². The summed E-state index contributed by atoms with van der Waals surface area (Å²) >= 11 is 13.8. The van der Waals surface area contributed by atoms with E-state index in [-0.39, 0.29) is 6.03 Å². The van der Waals surface area contributed by atoms with Gasteiger partial charge in [-0.1, -0.05) is 12.1 Å². The van der Waals surface area contributed by atoms with Gasteiger partial charge in [0.05, 0.1) is 5.69 Å². The maximum Gasteiger partial charge on any atom is 0.319 e. The third kappa shape index (κ3) is 3.74. The van der Waals surface area contributed by atoms with Crippen LogP contribution >= 0.6 is 35.0 Å². The lowest BCUT2D eigenvalue weighted by molar-refractivity contribution is 0.251. The molecular weight excluding hydrogens is 315 g/mol. The van der Waals surface area contributed by atoms with Gasteiger partial charge in [0.15, 0.2) is 0 Å². The Kier molecular flexibility index (Phi) is 4.07. The second kappa shape index (κ2) is 5.66. The molecule has 6 heteroatoms. The predicted molar refractivity (Wildman–Crippen MR) is 84.9 cm³/mol. The standard InChI is InChI=1S/C14H16Cl2N2OS/c15-14(16)7-9(14)8-20-12-4-2-1-3-11(12)18-13(19)17-10-5-6-10/h1-4,9-10H,5-8H2,(H2,17,18,19). The molecule has 0 spiro atoms. The predicted octanol–water partition coefficient (Wildman–Crippen LogP) is 4.26. The minimum absolute atomic E-state index is 0.129. The molecule has 1 aromatic rings. The van der Waals surface area contributed by atoms with Crippen LogP contribution in [0.3, 0.4) is 0 Å². The quantitative estimate of drug-likeness (QED) is 0.625. The number of anilines is 1. The van der Waals surface area contributed by atoms with Crippen LogP contribution in [0.4, 0.5) is 10.5 Å². The molecular formula is C14H16Cl2N2OS. The number of amides is 2. The van der Waals surface area contributed by atoms with Crippen molar-refractivity contribution in [2.45, 2.75) is 34.5 Å². The number of rotatable bonds is 5. The first kappa shape index (κ1) is 14.4. The number of halogens is 2. The zero-order valence-electron chi connectivity index (χ0n) is 10.9. The Labute approximate surface area is 132 Å². The van der Waals surface area contributed by atoms with Crippen molar-refractivity contribution in [3.63, 3.8) is 0 Å². The molecule has 0 heterocycles. The van der Waals surface area contributed by atoms with E-state index < -0.39 is 4.33 Å². The number of nitrogens with one attached hydrogen (secondary N) is 2. The molecule has 0 bridgehead atoms. The highest BCUT2D eigenvalue weighted by molar-refractivity contribution is 7.99. The third-order valence-electron chi connectivity index (χ3n) is 3.44. The van der Waals surface area contributed by atoms with Crippen molar-refractivity contribution < 1.29 is 4.79 Å². The lowest BCUT2D eigenvalue weighted by Gasteiger charge is -2.11. The van der Waals surface area contributed by atoms with Crippen LogP contribution in [0.15, 0.2) is 29.2 Å². The van der Waals surface area contributed by atoms with E-state index in [1.807, 2.05) is 24.3 Å². The molecule has 1 atom stereocenters. The summed E-state index contributed by atoms with van der Waals surface area (Å²) in [5, 5.41) is 5.83. The fourth-order valence-electron chi connectivity index (χ4n) is 1.91. The van der Waals surface area contributed by atoms with Gasteiger partial charge < -0.3 is 10.6 Å². The molecule has 0 radical (unpaired) electrons. The number of carbonyl (C=O) groups is 1. The summed E-state index contributed by atoms with van der Waals surface area (Å²) in [5.41, 5.74) is 0.839.